The van der Waals surface area contributed by atoms with E-state index in [1.165, 1.54) is 12.1 Å². The highest BCUT2D eigenvalue weighted by atomic mass is 16.5. The molecule has 1 aromatic rings. The van der Waals surface area contributed by atoms with E-state index in [0.717, 1.165) is 17.7 Å². The Hall–Kier alpha value is -2.70. The van der Waals surface area contributed by atoms with Gasteiger partial charge in [0.05, 0.1) is 11.1 Å². The molecule has 1 aromatic carbocycles. The Kier molecular flexibility index (Phi) is 6.49. The first kappa shape index (κ1) is 19.6. The van der Waals surface area contributed by atoms with Gasteiger partial charge in [-0.1, -0.05) is 26.0 Å². The molecule has 0 radical (unpaired) electrons. The van der Waals surface area contributed by atoms with Crippen molar-refractivity contribution in [2.24, 2.45) is 5.92 Å². The van der Waals surface area contributed by atoms with E-state index < -0.39 is 36.8 Å². The summed E-state index contributed by atoms with van der Waals surface area (Å²) in [5, 5.41) is 2.75. The van der Waals surface area contributed by atoms with Gasteiger partial charge in [-0.25, -0.2) is 0 Å². The van der Waals surface area contributed by atoms with Gasteiger partial charge in [0.25, 0.3) is 17.7 Å². The number of rotatable bonds is 8. The molecular formula is C19H24N2O5. The van der Waals surface area contributed by atoms with E-state index in [0.29, 0.717) is 5.92 Å². The summed E-state index contributed by atoms with van der Waals surface area (Å²) in [5.41, 5.74) is 0.532. The van der Waals surface area contributed by atoms with Gasteiger partial charge >= 0.3 is 5.97 Å². The van der Waals surface area contributed by atoms with E-state index in [1.807, 2.05) is 6.92 Å². The third kappa shape index (κ3) is 4.91. The number of fused-ring (bicyclic) bond motifs is 1. The van der Waals surface area contributed by atoms with E-state index in [1.54, 1.807) is 12.1 Å². The fourth-order valence-corrected chi connectivity index (χ4v) is 2.68. The third-order valence-corrected chi connectivity index (χ3v) is 4.11. The molecule has 0 aliphatic carbocycles. The molecule has 140 valence electrons. The van der Waals surface area contributed by atoms with Gasteiger partial charge in [-0.3, -0.25) is 24.1 Å². The summed E-state index contributed by atoms with van der Waals surface area (Å²) >= 11 is 0. The molecule has 0 saturated carbocycles. The lowest BCUT2D eigenvalue weighted by Crippen LogP contribution is -2.39. The summed E-state index contributed by atoms with van der Waals surface area (Å²) in [7, 11) is 0. The molecule has 0 unspecified atom stereocenters. The largest absolute Gasteiger partial charge is 0.454 e. The van der Waals surface area contributed by atoms with Crippen LogP contribution in [0.1, 0.15) is 54.3 Å². The van der Waals surface area contributed by atoms with Crippen molar-refractivity contribution < 1.29 is 23.9 Å². The van der Waals surface area contributed by atoms with E-state index in [9.17, 15) is 19.2 Å². The maximum Gasteiger partial charge on any atom is 0.326 e. The second kappa shape index (κ2) is 8.60. The molecule has 3 amide bonds. The first-order valence-electron chi connectivity index (χ1n) is 8.69. The summed E-state index contributed by atoms with van der Waals surface area (Å²) in [6.07, 6.45) is 1.83. The van der Waals surface area contributed by atoms with Gasteiger partial charge < -0.3 is 10.1 Å². The topological polar surface area (TPSA) is 92.8 Å². The van der Waals surface area contributed by atoms with Crippen molar-refractivity contribution in [3.05, 3.63) is 35.4 Å². The van der Waals surface area contributed by atoms with Crippen LogP contribution in [0.3, 0.4) is 0 Å². The molecule has 1 heterocycles. The average Bonchev–Trinajstić information content (AvgIpc) is 2.83. The van der Waals surface area contributed by atoms with Gasteiger partial charge in [0, 0.05) is 6.04 Å². The molecule has 1 aliphatic heterocycles. The van der Waals surface area contributed by atoms with Crippen LogP contribution >= 0.6 is 0 Å². The molecular weight excluding hydrogens is 336 g/mol. The molecule has 1 N–H and O–H groups in total. The van der Waals surface area contributed by atoms with E-state index in [2.05, 4.69) is 19.2 Å². The minimum absolute atomic E-state index is 0.0140. The minimum Gasteiger partial charge on any atom is -0.454 e. The molecule has 0 fully saturated rings. The third-order valence-electron chi connectivity index (χ3n) is 4.11. The highest BCUT2D eigenvalue weighted by Gasteiger charge is 2.36. The minimum atomic E-state index is -0.801. The Labute approximate surface area is 152 Å². The van der Waals surface area contributed by atoms with Crippen LogP contribution in [-0.2, 0) is 14.3 Å². The molecule has 1 atom stereocenters. The standard InChI is InChI=1S/C19H24N2O5/c1-12(2)8-9-13(3)20-16(22)11-26-17(23)10-21-18(24)14-6-4-5-7-15(14)19(21)25/h4-7,12-13H,8-11H2,1-3H3,(H,20,22)/t13-/m0/s1. The van der Waals surface area contributed by atoms with Crippen molar-refractivity contribution >= 4 is 23.7 Å². The predicted molar refractivity (Wildman–Crippen MR) is 94.4 cm³/mol. The van der Waals surface area contributed by atoms with E-state index in [-0.39, 0.29) is 17.2 Å². The predicted octanol–water partition coefficient (Wildman–Crippen LogP) is 1.77. The van der Waals surface area contributed by atoms with Crippen LogP contribution in [0.5, 0.6) is 0 Å². The van der Waals surface area contributed by atoms with Crippen LogP contribution in [0.4, 0.5) is 0 Å². The van der Waals surface area contributed by atoms with E-state index >= 15 is 0 Å². The Morgan fingerprint density at radius 1 is 1.04 bits per heavy atom. The number of hydrogen-bond acceptors (Lipinski definition) is 5. The Morgan fingerprint density at radius 3 is 2.15 bits per heavy atom. The lowest BCUT2D eigenvalue weighted by molar-refractivity contribution is -0.148. The fraction of sp³-hybridized carbons (Fsp3) is 0.474. The monoisotopic (exact) mass is 360 g/mol. The highest BCUT2D eigenvalue weighted by molar-refractivity contribution is 6.22. The van der Waals surface area contributed by atoms with Gasteiger partial charge in [0.2, 0.25) is 0 Å². The zero-order valence-corrected chi connectivity index (χ0v) is 15.3. The molecule has 7 nitrogen and oxygen atoms in total. The molecule has 0 bridgehead atoms. The molecule has 0 aromatic heterocycles. The Balaban J connectivity index is 1.78. The lowest BCUT2D eigenvalue weighted by Gasteiger charge is -2.16. The fourth-order valence-electron chi connectivity index (χ4n) is 2.68. The van der Waals surface area contributed by atoms with E-state index in [4.69, 9.17) is 4.74 Å². The van der Waals surface area contributed by atoms with Gasteiger partial charge in [-0.2, -0.15) is 0 Å². The number of carbonyl (C=O) groups excluding carboxylic acids is 4. The smallest absolute Gasteiger partial charge is 0.326 e. The van der Waals surface area contributed by atoms with Gasteiger partial charge in [-0.15, -0.1) is 0 Å². The molecule has 7 heteroatoms. The number of imide groups is 1. The first-order chi connectivity index (χ1) is 12.3. The lowest BCUT2D eigenvalue weighted by atomic mass is 10.0. The van der Waals surface area contributed by atoms with Gasteiger partial charge in [-0.05, 0) is 37.8 Å². The van der Waals surface area contributed by atoms with Gasteiger partial charge in [0.15, 0.2) is 6.61 Å². The summed E-state index contributed by atoms with van der Waals surface area (Å²) in [6, 6.07) is 6.35. The van der Waals surface area contributed by atoms with Crippen LogP contribution in [0, 0.1) is 5.92 Å². The van der Waals surface area contributed by atoms with Gasteiger partial charge in [0.1, 0.15) is 6.54 Å². The number of hydrogen-bond donors (Lipinski definition) is 1. The summed E-state index contributed by atoms with van der Waals surface area (Å²) in [5.74, 6) is -1.73. The summed E-state index contributed by atoms with van der Waals surface area (Å²) < 4.78 is 4.89. The number of benzene rings is 1. The zero-order valence-electron chi connectivity index (χ0n) is 15.3. The van der Waals surface area contributed by atoms with Crippen LogP contribution in [-0.4, -0.2) is 47.8 Å². The van der Waals surface area contributed by atoms with Crippen LogP contribution in [0.2, 0.25) is 0 Å². The molecule has 2 rings (SSSR count). The Bertz CT molecular complexity index is 679. The molecule has 26 heavy (non-hydrogen) atoms. The van der Waals surface area contributed by atoms with Crippen molar-refractivity contribution in [1.29, 1.82) is 0 Å². The quantitative estimate of drug-likeness (QED) is 0.563. The molecule has 0 spiro atoms. The van der Waals surface area contributed by atoms with Crippen LogP contribution < -0.4 is 5.32 Å². The normalized spacial score (nSPS) is 14.4. The zero-order chi connectivity index (χ0) is 19.3. The number of carbonyl (C=O) groups is 4. The number of nitrogens with zero attached hydrogens (tertiary/aromatic N) is 1. The number of nitrogens with one attached hydrogen (secondary N) is 1. The average molecular weight is 360 g/mol. The second-order valence-electron chi connectivity index (χ2n) is 6.84. The SMILES string of the molecule is CC(C)CC[C@H](C)NC(=O)COC(=O)CN1C(=O)c2ccccc2C1=O. The maximum absolute atomic E-state index is 12.2. The molecule has 1 aliphatic rings. The first-order valence-corrected chi connectivity index (χ1v) is 8.69. The van der Waals surface area contributed by atoms with Crippen molar-refractivity contribution in [3.63, 3.8) is 0 Å². The van der Waals surface area contributed by atoms with Crippen LogP contribution in [0.15, 0.2) is 24.3 Å². The van der Waals surface area contributed by atoms with Crippen molar-refractivity contribution in [1.82, 2.24) is 10.2 Å². The summed E-state index contributed by atoms with van der Waals surface area (Å²) in [4.78, 5) is 48.9. The Morgan fingerprint density at radius 2 is 1.62 bits per heavy atom. The molecule has 0 saturated heterocycles. The maximum atomic E-state index is 12.2. The number of ether oxygens (including phenoxy) is 1. The highest BCUT2D eigenvalue weighted by Crippen LogP contribution is 2.22. The van der Waals surface area contributed by atoms with Crippen molar-refractivity contribution in [3.8, 4) is 0 Å². The summed E-state index contributed by atoms with van der Waals surface area (Å²) in [6.45, 7) is 5.16. The van der Waals surface area contributed by atoms with Crippen LogP contribution in [0.25, 0.3) is 0 Å². The number of esters is 1. The van der Waals surface area contributed by atoms with Crippen molar-refractivity contribution in [2.45, 2.75) is 39.7 Å². The van der Waals surface area contributed by atoms with Crippen molar-refractivity contribution in [2.75, 3.05) is 13.2 Å². The number of amides is 3. The second-order valence-corrected chi connectivity index (χ2v) is 6.84.